The van der Waals surface area contributed by atoms with Crippen molar-refractivity contribution in [2.45, 2.75) is 58.2 Å². The SMILES string of the molecule is CCOC(=O)[C@H](N)CCC(=O)N[C@H](Cc1c[nH]c2ccccc12)C(=O)OC(C)C. The van der Waals surface area contributed by atoms with Gasteiger partial charge in [-0.2, -0.15) is 0 Å². The third-order valence-corrected chi connectivity index (χ3v) is 4.34. The average Bonchev–Trinajstić information content (AvgIpc) is 3.08. The van der Waals surface area contributed by atoms with Crippen LogP contribution in [0, 0.1) is 0 Å². The molecule has 0 saturated heterocycles. The molecular weight excluding hydrogens is 374 g/mol. The van der Waals surface area contributed by atoms with Crippen molar-refractivity contribution in [3.8, 4) is 0 Å². The first kappa shape index (κ1) is 22.4. The van der Waals surface area contributed by atoms with Crippen molar-refractivity contribution in [1.82, 2.24) is 10.3 Å². The van der Waals surface area contributed by atoms with Gasteiger partial charge in [0.2, 0.25) is 5.91 Å². The Balaban J connectivity index is 2.05. The number of fused-ring (bicyclic) bond motifs is 1. The van der Waals surface area contributed by atoms with E-state index in [9.17, 15) is 14.4 Å². The maximum Gasteiger partial charge on any atom is 0.329 e. The van der Waals surface area contributed by atoms with Crippen LogP contribution in [0.5, 0.6) is 0 Å². The van der Waals surface area contributed by atoms with Crippen molar-refractivity contribution in [2.24, 2.45) is 5.73 Å². The monoisotopic (exact) mass is 403 g/mol. The van der Waals surface area contributed by atoms with Gasteiger partial charge in [-0.25, -0.2) is 4.79 Å². The van der Waals surface area contributed by atoms with Gasteiger partial charge in [0.15, 0.2) is 0 Å². The van der Waals surface area contributed by atoms with E-state index in [-0.39, 0.29) is 37.9 Å². The second-order valence-corrected chi connectivity index (χ2v) is 7.07. The highest BCUT2D eigenvalue weighted by Crippen LogP contribution is 2.19. The van der Waals surface area contributed by atoms with Gasteiger partial charge < -0.3 is 25.5 Å². The van der Waals surface area contributed by atoms with E-state index in [1.54, 1.807) is 20.8 Å². The van der Waals surface area contributed by atoms with E-state index in [1.165, 1.54) is 0 Å². The minimum Gasteiger partial charge on any atom is -0.465 e. The summed E-state index contributed by atoms with van der Waals surface area (Å²) in [5.74, 6) is -1.43. The Bertz CT molecular complexity index is 846. The summed E-state index contributed by atoms with van der Waals surface area (Å²) in [7, 11) is 0. The molecule has 0 aliphatic heterocycles. The van der Waals surface area contributed by atoms with E-state index in [4.69, 9.17) is 15.2 Å². The summed E-state index contributed by atoms with van der Waals surface area (Å²) in [5.41, 5.74) is 7.58. The molecule has 1 aromatic heterocycles. The molecule has 0 radical (unpaired) electrons. The molecule has 0 aliphatic carbocycles. The highest BCUT2D eigenvalue weighted by molar-refractivity contribution is 5.87. The number of hydrogen-bond donors (Lipinski definition) is 3. The number of H-pyrrole nitrogens is 1. The molecule has 8 nitrogen and oxygen atoms in total. The highest BCUT2D eigenvalue weighted by Gasteiger charge is 2.25. The van der Waals surface area contributed by atoms with Gasteiger partial charge >= 0.3 is 11.9 Å². The lowest BCUT2D eigenvalue weighted by Gasteiger charge is -2.19. The second kappa shape index (κ2) is 10.6. The van der Waals surface area contributed by atoms with E-state index < -0.39 is 24.0 Å². The molecule has 0 unspecified atom stereocenters. The summed E-state index contributed by atoms with van der Waals surface area (Å²) >= 11 is 0. The topological polar surface area (TPSA) is 124 Å². The molecule has 0 saturated carbocycles. The predicted molar refractivity (Wildman–Crippen MR) is 109 cm³/mol. The number of esters is 2. The van der Waals surface area contributed by atoms with Crippen LogP contribution in [-0.4, -0.2) is 47.6 Å². The largest absolute Gasteiger partial charge is 0.465 e. The van der Waals surface area contributed by atoms with E-state index in [0.717, 1.165) is 16.5 Å². The normalized spacial score (nSPS) is 13.1. The van der Waals surface area contributed by atoms with Crippen molar-refractivity contribution in [3.05, 3.63) is 36.0 Å². The van der Waals surface area contributed by atoms with Crippen molar-refractivity contribution in [2.75, 3.05) is 6.61 Å². The molecular formula is C21H29N3O5. The molecule has 0 fully saturated rings. The molecule has 2 aromatic rings. The number of ether oxygens (including phenoxy) is 2. The third kappa shape index (κ3) is 6.60. The zero-order valence-corrected chi connectivity index (χ0v) is 17.1. The Hall–Kier alpha value is -2.87. The van der Waals surface area contributed by atoms with Gasteiger partial charge in [-0.05, 0) is 38.8 Å². The maximum absolute atomic E-state index is 12.5. The molecule has 0 spiro atoms. The molecule has 1 amide bonds. The van der Waals surface area contributed by atoms with Crippen molar-refractivity contribution in [1.29, 1.82) is 0 Å². The van der Waals surface area contributed by atoms with Gasteiger partial charge in [0.25, 0.3) is 0 Å². The third-order valence-electron chi connectivity index (χ3n) is 4.34. The predicted octanol–water partition coefficient (Wildman–Crippen LogP) is 1.82. The number of aromatic amines is 1. The number of amides is 1. The minimum absolute atomic E-state index is 0.000671. The van der Waals surface area contributed by atoms with Crippen LogP contribution in [0.25, 0.3) is 10.9 Å². The molecule has 1 heterocycles. The van der Waals surface area contributed by atoms with Crippen molar-refractivity contribution < 1.29 is 23.9 Å². The first-order valence-electron chi connectivity index (χ1n) is 9.78. The molecule has 0 bridgehead atoms. The van der Waals surface area contributed by atoms with Crippen LogP contribution in [0.15, 0.2) is 30.5 Å². The van der Waals surface area contributed by atoms with Crippen LogP contribution in [0.3, 0.4) is 0 Å². The quantitative estimate of drug-likeness (QED) is 0.520. The molecule has 8 heteroatoms. The number of aromatic nitrogens is 1. The van der Waals surface area contributed by atoms with Crippen molar-refractivity contribution >= 4 is 28.7 Å². The van der Waals surface area contributed by atoms with Gasteiger partial charge in [-0.15, -0.1) is 0 Å². The van der Waals surface area contributed by atoms with E-state index >= 15 is 0 Å². The molecule has 1 aromatic carbocycles. The number of carbonyl (C=O) groups excluding carboxylic acids is 3. The van der Waals surface area contributed by atoms with Crippen LogP contribution in [0.1, 0.15) is 39.2 Å². The summed E-state index contributed by atoms with van der Waals surface area (Å²) in [6, 6.07) is 6.00. The smallest absolute Gasteiger partial charge is 0.329 e. The summed E-state index contributed by atoms with van der Waals surface area (Å²) in [4.78, 5) is 39.7. The van der Waals surface area contributed by atoms with E-state index in [0.29, 0.717) is 0 Å². The molecule has 158 valence electrons. The number of para-hydroxylation sites is 1. The number of nitrogens with two attached hydrogens (primary N) is 1. The number of rotatable bonds is 10. The first-order chi connectivity index (χ1) is 13.8. The van der Waals surface area contributed by atoms with Gasteiger partial charge in [0.1, 0.15) is 12.1 Å². The zero-order valence-electron chi connectivity index (χ0n) is 17.1. The van der Waals surface area contributed by atoms with Crippen LogP contribution in [-0.2, 0) is 30.3 Å². The molecule has 4 N–H and O–H groups in total. The first-order valence-corrected chi connectivity index (χ1v) is 9.78. The van der Waals surface area contributed by atoms with E-state index in [2.05, 4.69) is 10.3 Å². The Morgan fingerprint density at radius 2 is 1.90 bits per heavy atom. The highest BCUT2D eigenvalue weighted by atomic mass is 16.5. The molecule has 2 rings (SSSR count). The van der Waals surface area contributed by atoms with E-state index in [1.807, 2.05) is 30.5 Å². The summed E-state index contributed by atoms with van der Waals surface area (Å²) in [5, 5.41) is 3.70. The fraction of sp³-hybridized carbons (Fsp3) is 0.476. The minimum atomic E-state index is -0.879. The van der Waals surface area contributed by atoms with Crippen LogP contribution >= 0.6 is 0 Å². The lowest BCUT2D eigenvalue weighted by atomic mass is 10.0. The van der Waals surface area contributed by atoms with Crippen LogP contribution in [0.2, 0.25) is 0 Å². The number of benzene rings is 1. The van der Waals surface area contributed by atoms with Gasteiger partial charge in [-0.3, -0.25) is 9.59 Å². The zero-order chi connectivity index (χ0) is 21.4. The lowest BCUT2D eigenvalue weighted by Crippen LogP contribution is -2.44. The fourth-order valence-electron chi connectivity index (χ4n) is 2.95. The second-order valence-electron chi connectivity index (χ2n) is 7.07. The summed E-state index contributed by atoms with van der Waals surface area (Å²) in [6.45, 7) is 5.42. The summed E-state index contributed by atoms with van der Waals surface area (Å²) < 4.78 is 10.1. The Morgan fingerprint density at radius 1 is 1.17 bits per heavy atom. The maximum atomic E-state index is 12.5. The summed E-state index contributed by atoms with van der Waals surface area (Å²) in [6.07, 6.45) is 1.93. The van der Waals surface area contributed by atoms with Gasteiger partial charge in [0.05, 0.1) is 12.7 Å². The Morgan fingerprint density at radius 3 is 2.59 bits per heavy atom. The Labute approximate surface area is 170 Å². The van der Waals surface area contributed by atoms with Gasteiger partial charge in [0, 0.05) is 29.9 Å². The Kier molecular flexibility index (Phi) is 8.21. The lowest BCUT2D eigenvalue weighted by molar-refractivity contribution is -0.151. The van der Waals surface area contributed by atoms with Crippen LogP contribution in [0.4, 0.5) is 0 Å². The number of hydrogen-bond acceptors (Lipinski definition) is 6. The number of nitrogens with one attached hydrogen (secondary N) is 2. The van der Waals surface area contributed by atoms with Crippen LogP contribution < -0.4 is 11.1 Å². The number of carbonyl (C=O) groups is 3. The molecule has 2 atom stereocenters. The van der Waals surface area contributed by atoms with Crippen molar-refractivity contribution in [3.63, 3.8) is 0 Å². The van der Waals surface area contributed by atoms with Gasteiger partial charge in [-0.1, -0.05) is 18.2 Å². The molecule has 29 heavy (non-hydrogen) atoms. The molecule has 0 aliphatic rings. The standard InChI is InChI=1S/C21H29N3O5/c1-4-28-20(26)16(22)9-10-19(25)24-18(21(27)29-13(2)3)11-14-12-23-17-8-6-5-7-15(14)17/h5-8,12-13,16,18,23H,4,9-11,22H2,1-3H3,(H,24,25)/t16-,18-/m1/s1. The fourth-order valence-corrected chi connectivity index (χ4v) is 2.95. The average molecular weight is 403 g/mol.